The van der Waals surface area contributed by atoms with Crippen LogP contribution in [-0.4, -0.2) is 10.9 Å². The largest absolute Gasteiger partial charge is 0.461 e. The summed E-state index contributed by atoms with van der Waals surface area (Å²) in [7, 11) is 0. The maximum absolute atomic E-state index is 12.2. The normalized spacial score (nSPS) is 10.7. The average Bonchev–Trinajstić information content (AvgIpc) is 3.40. The van der Waals surface area contributed by atoms with Gasteiger partial charge in [-0.15, -0.1) is 0 Å². The van der Waals surface area contributed by atoms with E-state index in [1.54, 1.807) is 6.20 Å². The molecule has 1 amide bonds. The number of rotatable bonds is 6. The molecule has 1 N–H and O–H groups in total. The lowest BCUT2D eigenvalue weighted by molar-refractivity contribution is -0.116. The first-order chi connectivity index (χ1) is 13.3. The van der Waals surface area contributed by atoms with E-state index >= 15 is 0 Å². The molecule has 134 valence electrons. The third kappa shape index (κ3) is 4.15. The molecule has 27 heavy (non-hydrogen) atoms. The first-order valence-corrected chi connectivity index (χ1v) is 8.71. The van der Waals surface area contributed by atoms with Crippen molar-refractivity contribution in [2.24, 2.45) is 0 Å². The second-order valence-corrected chi connectivity index (χ2v) is 6.12. The molecule has 2 aromatic heterocycles. The highest BCUT2D eigenvalue weighted by Gasteiger charge is 2.08. The minimum Gasteiger partial charge on any atom is -0.461 e. The fourth-order valence-electron chi connectivity index (χ4n) is 2.81. The third-order valence-electron chi connectivity index (χ3n) is 4.20. The van der Waals surface area contributed by atoms with Gasteiger partial charge in [0.1, 0.15) is 11.5 Å². The highest BCUT2D eigenvalue weighted by Crippen LogP contribution is 2.23. The number of nitrogens with one attached hydrogen (secondary N) is 1. The Bertz CT molecular complexity index is 1000. The minimum atomic E-state index is -0.0555. The Morgan fingerprint density at radius 1 is 0.889 bits per heavy atom. The molecule has 5 nitrogen and oxygen atoms in total. The Kier molecular flexibility index (Phi) is 4.83. The molecule has 0 aliphatic rings. The summed E-state index contributed by atoms with van der Waals surface area (Å²) in [4.78, 5) is 16.1. The van der Waals surface area contributed by atoms with Gasteiger partial charge in [-0.2, -0.15) is 0 Å². The zero-order chi connectivity index (χ0) is 18.5. The number of carbonyl (C=O) groups excluding carboxylic acids is 1. The number of oxazole rings is 1. The molecule has 0 saturated carbocycles. The minimum absolute atomic E-state index is 0.0555. The van der Waals surface area contributed by atoms with E-state index in [1.807, 2.05) is 66.7 Å². The van der Waals surface area contributed by atoms with Gasteiger partial charge in [0.2, 0.25) is 5.91 Å². The van der Waals surface area contributed by atoms with Gasteiger partial charge in [-0.3, -0.25) is 4.79 Å². The van der Waals surface area contributed by atoms with E-state index in [-0.39, 0.29) is 5.91 Å². The average molecular weight is 358 g/mol. The van der Waals surface area contributed by atoms with Crippen molar-refractivity contribution in [3.8, 4) is 22.6 Å². The van der Waals surface area contributed by atoms with Crippen LogP contribution in [0.15, 0.2) is 88.2 Å². The summed E-state index contributed by atoms with van der Waals surface area (Å²) in [5.74, 6) is 2.25. The fraction of sp³-hybridized carbons (Fsp3) is 0.0909. The Balaban J connectivity index is 1.32. The van der Waals surface area contributed by atoms with Gasteiger partial charge in [0, 0.05) is 29.7 Å². The van der Waals surface area contributed by atoms with Crippen molar-refractivity contribution in [1.82, 2.24) is 4.98 Å². The molecular formula is C22H18N2O3. The van der Waals surface area contributed by atoms with Crippen LogP contribution in [0, 0.1) is 0 Å². The maximum atomic E-state index is 12.2. The van der Waals surface area contributed by atoms with Crippen LogP contribution in [-0.2, 0) is 11.2 Å². The lowest BCUT2D eigenvalue weighted by Gasteiger charge is -2.05. The summed E-state index contributed by atoms with van der Waals surface area (Å²) in [5, 5.41) is 2.90. The van der Waals surface area contributed by atoms with Crippen molar-refractivity contribution in [2.75, 3.05) is 5.32 Å². The first kappa shape index (κ1) is 16.8. The monoisotopic (exact) mass is 358 g/mol. The molecule has 0 bridgehead atoms. The van der Waals surface area contributed by atoms with Crippen LogP contribution >= 0.6 is 0 Å². The molecule has 0 saturated heterocycles. The van der Waals surface area contributed by atoms with E-state index in [4.69, 9.17) is 8.83 Å². The van der Waals surface area contributed by atoms with Crippen molar-refractivity contribution in [1.29, 1.82) is 0 Å². The van der Waals surface area contributed by atoms with Crippen molar-refractivity contribution in [3.63, 3.8) is 0 Å². The standard InChI is InChI=1S/C22H18N2O3/c25-22(24-18-8-6-17(7-9-18)21-14-23-15-26-21)13-11-19-10-12-20(27-19)16-4-2-1-3-5-16/h1-10,12,14-15H,11,13H2,(H,24,25). The molecule has 4 rings (SSSR count). The maximum Gasteiger partial charge on any atom is 0.224 e. The Morgan fingerprint density at radius 3 is 2.41 bits per heavy atom. The number of hydrogen-bond donors (Lipinski definition) is 1. The Morgan fingerprint density at radius 2 is 1.67 bits per heavy atom. The number of amides is 1. The van der Waals surface area contributed by atoms with E-state index in [0.29, 0.717) is 18.6 Å². The van der Waals surface area contributed by atoms with Crippen LogP contribution in [0.4, 0.5) is 5.69 Å². The van der Waals surface area contributed by atoms with Gasteiger partial charge >= 0.3 is 0 Å². The molecule has 0 spiro atoms. The molecule has 0 fully saturated rings. The summed E-state index contributed by atoms with van der Waals surface area (Å²) in [6.07, 6.45) is 3.95. The van der Waals surface area contributed by atoms with Crippen LogP contribution in [0.1, 0.15) is 12.2 Å². The SMILES string of the molecule is O=C(CCc1ccc(-c2ccccc2)o1)Nc1ccc(-c2cnco2)cc1. The van der Waals surface area contributed by atoms with Gasteiger partial charge in [0.25, 0.3) is 0 Å². The molecular weight excluding hydrogens is 340 g/mol. The summed E-state index contributed by atoms with van der Waals surface area (Å²) in [6.45, 7) is 0. The van der Waals surface area contributed by atoms with E-state index in [9.17, 15) is 4.79 Å². The van der Waals surface area contributed by atoms with Crippen LogP contribution < -0.4 is 5.32 Å². The van der Waals surface area contributed by atoms with Crippen molar-refractivity contribution in [3.05, 3.63) is 85.1 Å². The number of furan rings is 1. The number of nitrogens with zero attached hydrogens (tertiary/aromatic N) is 1. The molecule has 0 radical (unpaired) electrons. The predicted octanol–water partition coefficient (Wildman–Crippen LogP) is 5.17. The Hall–Kier alpha value is -3.60. The topological polar surface area (TPSA) is 68.3 Å². The number of carbonyl (C=O) groups is 1. The molecule has 0 unspecified atom stereocenters. The van der Waals surface area contributed by atoms with Crippen molar-refractivity contribution in [2.45, 2.75) is 12.8 Å². The predicted molar refractivity (Wildman–Crippen MR) is 103 cm³/mol. The fourth-order valence-corrected chi connectivity index (χ4v) is 2.81. The number of hydrogen-bond acceptors (Lipinski definition) is 4. The summed E-state index contributed by atoms with van der Waals surface area (Å²) in [5.41, 5.74) is 2.68. The van der Waals surface area contributed by atoms with E-state index in [0.717, 1.165) is 28.3 Å². The quantitative estimate of drug-likeness (QED) is 0.516. The van der Waals surface area contributed by atoms with Gasteiger partial charge in [0.15, 0.2) is 12.2 Å². The molecule has 5 heteroatoms. The van der Waals surface area contributed by atoms with Gasteiger partial charge in [0.05, 0.1) is 6.20 Å². The summed E-state index contributed by atoms with van der Waals surface area (Å²) >= 11 is 0. The second kappa shape index (κ2) is 7.74. The lowest BCUT2D eigenvalue weighted by Crippen LogP contribution is -2.12. The van der Waals surface area contributed by atoms with Gasteiger partial charge in [-0.1, -0.05) is 30.3 Å². The highest BCUT2D eigenvalue weighted by molar-refractivity contribution is 5.91. The number of benzene rings is 2. The molecule has 4 aromatic rings. The number of aryl methyl sites for hydroxylation is 1. The molecule has 2 aromatic carbocycles. The lowest BCUT2D eigenvalue weighted by atomic mass is 10.1. The summed E-state index contributed by atoms with van der Waals surface area (Å²) < 4.78 is 11.1. The zero-order valence-electron chi connectivity index (χ0n) is 14.6. The zero-order valence-corrected chi connectivity index (χ0v) is 14.6. The van der Waals surface area contributed by atoms with Gasteiger partial charge in [-0.05, 0) is 36.4 Å². The Labute approximate surface area is 156 Å². The van der Waals surface area contributed by atoms with Crippen molar-refractivity contribution >= 4 is 11.6 Å². The van der Waals surface area contributed by atoms with Crippen LogP contribution in [0.25, 0.3) is 22.6 Å². The smallest absolute Gasteiger partial charge is 0.224 e. The van der Waals surface area contributed by atoms with Gasteiger partial charge < -0.3 is 14.2 Å². The van der Waals surface area contributed by atoms with E-state index < -0.39 is 0 Å². The van der Waals surface area contributed by atoms with E-state index in [1.165, 1.54) is 6.39 Å². The number of aromatic nitrogens is 1. The molecule has 0 aliphatic heterocycles. The van der Waals surface area contributed by atoms with Crippen LogP contribution in [0.2, 0.25) is 0 Å². The van der Waals surface area contributed by atoms with Crippen molar-refractivity contribution < 1.29 is 13.6 Å². The van der Waals surface area contributed by atoms with Crippen LogP contribution in [0.5, 0.6) is 0 Å². The first-order valence-electron chi connectivity index (χ1n) is 8.71. The third-order valence-corrected chi connectivity index (χ3v) is 4.20. The number of anilines is 1. The van der Waals surface area contributed by atoms with E-state index in [2.05, 4.69) is 10.3 Å². The van der Waals surface area contributed by atoms with Crippen LogP contribution in [0.3, 0.4) is 0 Å². The highest BCUT2D eigenvalue weighted by atomic mass is 16.3. The second-order valence-electron chi connectivity index (χ2n) is 6.12. The molecule has 0 aliphatic carbocycles. The molecule has 0 atom stereocenters. The summed E-state index contributed by atoms with van der Waals surface area (Å²) in [6, 6.07) is 21.2. The van der Waals surface area contributed by atoms with Gasteiger partial charge in [-0.25, -0.2) is 4.98 Å². The molecule has 2 heterocycles.